The lowest BCUT2D eigenvalue weighted by Gasteiger charge is -2.22. The normalized spacial score (nSPS) is 12.3. The molecule has 0 spiro atoms. The first-order valence-electron chi connectivity index (χ1n) is 10.6. The highest BCUT2D eigenvalue weighted by atomic mass is 79.9. The monoisotopic (exact) mass is 598 g/mol. The number of aromatic nitrogens is 1. The van der Waals surface area contributed by atoms with Crippen molar-refractivity contribution in [3.05, 3.63) is 112 Å². The maximum Gasteiger partial charge on any atom is 0.490 e. The van der Waals surface area contributed by atoms with Gasteiger partial charge in [-0.25, -0.2) is 4.79 Å². The predicted molar refractivity (Wildman–Crippen MR) is 130 cm³/mol. The summed E-state index contributed by atoms with van der Waals surface area (Å²) in [6, 6.07) is 20.3. The highest BCUT2D eigenvalue weighted by Gasteiger charge is 2.38. The van der Waals surface area contributed by atoms with Gasteiger partial charge in [0, 0.05) is 21.6 Å². The van der Waals surface area contributed by atoms with Crippen LogP contribution in [0.3, 0.4) is 0 Å². The first-order valence-corrected chi connectivity index (χ1v) is 11.4. The summed E-state index contributed by atoms with van der Waals surface area (Å²) < 4.78 is 71.4. The van der Waals surface area contributed by atoms with Crippen LogP contribution in [0.5, 0.6) is 0 Å². The first kappa shape index (κ1) is 28.6. The van der Waals surface area contributed by atoms with Gasteiger partial charge in [-0.15, -0.1) is 0 Å². The van der Waals surface area contributed by atoms with Crippen molar-refractivity contribution in [2.75, 3.05) is 0 Å². The van der Waals surface area contributed by atoms with Crippen LogP contribution in [0, 0.1) is 0 Å². The number of fused-ring (bicyclic) bond motifs is 1. The Balaban J connectivity index is 0.000000505. The first-order chi connectivity index (χ1) is 17.8. The fourth-order valence-corrected chi connectivity index (χ4v) is 3.86. The minimum Gasteiger partial charge on any atom is -0.475 e. The molecule has 1 aromatic heterocycles. The van der Waals surface area contributed by atoms with Crippen LogP contribution in [0.15, 0.2) is 89.5 Å². The van der Waals surface area contributed by atoms with E-state index in [9.17, 15) is 31.1 Å². The SMILES string of the molecule is O=C(NC(c1ccc(C(F)(F)F)cc1)c1ccccc1Br)c1ccc2ncccc2c1.O=C(O)C(F)(F)F. The smallest absolute Gasteiger partial charge is 0.475 e. The van der Waals surface area contributed by atoms with Crippen molar-refractivity contribution in [2.24, 2.45) is 0 Å². The Bertz CT molecular complexity index is 1440. The number of carbonyl (C=O) groups excluding carboxylic acids is 1. The summed E-state index contributed by atoms with van der Waals surface area (Å²) in [6.45, 7) is 0. The highest BCUT2D eigenvalue weighted by Crippen LogP contribution is 2.33. The number of aliphatic carboxylic acids is 1. The molecule has 0 aliphatic rings. The second-order valence-corrected chi connectivity index (χ2v) is 8.62. The number of pyridine rings is 1. The van der Waals surface area contributed by atoms with E-state index in [1.165, 1.54) is 12.1 Å². The van der Waals surface area contributed by atoms with Crippen molar-refractivity contribution in [3.8, 4) is 0 Å². The van der Waals surface area contributed by atoms with Gasteiger partial charge in [-0.1, -0.05) is 52.3 Å². The largest absolute Gasteiger partial charge is 0.490 e. The van der Waals surface area contributed by atoms with Crippen LogP contribution in [0.1, 0.15) is 33.1 Å². The summed E-state index contributed by atoms with van der Waals surface area (Å²) in [7, 11) is 0. The molecule has 0 radical (unpaired) electrons. The summed E-state index contributed by atoms with van der Waals surface area (Å²) in [6.07, 6.45) is -7.83. The topological polar surface area (TPSA) is 79.3 Å². The molecule has 4 aromatic rings. The molecule has 38 heavy (non-hydrogen) atoms. The van der Waals surface area contributed by atoms with Crippen molar-refractivity contribution in [1.29, 1.82) is 0 Å². The van der Waals surface area contributed by atoms with Gasteiger partial charge in [-0.3, -0.25) is 9.78 Å². The average Bonchev–Trinajstić information content (AvgIpc) is 2.87. The Kier molecular flexibility index (Phi) is 8.77. The van der Waals surface area contributed by atoms with Crippen LogP contribution in [0.4, 0.5) is 26.3 Å². The Morgan fingerprint density at radius 3 is 2.08 bits per heavy atom. The number of carboxylic acids is 1. The van der Waals surface area contributed by atoms with E-state index >= 15 is 0 Å². The molecule has 2 N–H and O–H groups in total. The van der Waals surface area contributed by atoms with Crippen LogP contribution in [-0.4, -0.2) is 28.1 Å². The number of halogens is 7. The summed E-state index contributed by atoms with van der Waals surface area (Å²) in [4.78, 5) is 26.2. The summed E-state index contributed by atoms with van der Waals surface area (Å²) >= 11 is 3.48. The van der Waals surface area contributed by atoms with Gasteiger partial charge in [-0.05, 0) is 53.6 Å². The van der Waals surface area contributed by atoms with Crippen LogP contribution in [-0.2, 0) is 11.0 Å². The molecule has 12 heteroatoms. The molecule has 4 rings (SSSR count). The molecule has 1 unspecified atom stereocenters. The number of hydrogen-bond donors (Lipinski definition) is 2. The minimum atomic E-state index is -5.08. The molecule has 1 amide bonds. The third kappa shape index (κ3) is 7.31. The van der Waals surface area contributed by atoms with Gasteiger partial charge in [-0.2, -0.15) is 26.3 Å². The number of hydrogen-bond acceptors (Lipinski definition) is 3. The lowest BCUT2D eigenvalue weighted by Crippen LogP contribution is -2.29. The summed E-state index contributed by atoms with van der Waals surface area (Å²) in [5.74, 6) is -3.10. The number of carboxylic acid groups (broad SMARTS) is 1. The number of benzene rings is 3. The second-order valence-electron chi connectivity index (χ2n) is 7.76. The van der Waals surface area contributed by atoms with Crippen molar-refractivity contribution < 1.29 is 41.0 Å². The number of alkyl halides is 6. The molecular formula is C26H17BrF6N2O3. The van der Waals surface area contributed by atoms with Gasteiger partial charge in [0.1, 0.15) is 0 Å². The lowest BCUT2D eigenvalue weighted by atomic mass is 9.97. The average molecular weight is 599 g/mol. The van der Waals surface area contributed by atoms with Crippen molar-refractivity contribution in [1.82, 2.24) is 10.3 Å². The predicted octanol–water partition coefficient (Wildman–Crippen LogP) is 7.17. The molecular weight excluding hydrogens is 582 g/mol. The van der Waals surface area contributed by atoms with Gasteiger partial charge in [0.15, 0.2) is 0 Å². The van der Waals surface area contributed by atoms with Gasteiger partial charge in [0.2, 0.25) is 0 Å². The maximum atomic E-state index is 13.1. The molecule has 0 aliphatic heterocycles. The number of carbonyl (C=O) groups is 2. The van der Waals surface area contributed by atoms with E-state index in [1.54, 1.807) is 30.5 Å². The van der Waals surface area contributed by atoms with E-state index < -0.39 is 29.9 Å². The van der Waals surface area contributed by atoms with E-state index in [2.05, 4.69) is 26.2 Å². The number of rotatable bonds is 4. The molecule has 0 saturated heterocycles. The zero-order valence-corrected chi connectivity index (χ0v) is 20.6. The quantitative estimate of drug-likeness (QED) is 0.244. The Hall–Kier alpha value is -3.93. The van der Waals surface area contributed by atoms with Crippen LogP contribution >= 0.6 is 15.9 Å². The fourth-order valence-electron chi connectivity index (χ4n) is 3.35. The number of nitrogens with one attached hydrogen (secondary N) is 1. The molecule has 0 fully saturated rings. The van der Waals surface area contributed by atoms with Crippen molar-refractivity contribution in [3.63, 3.8) is 0 Å². The third-order valence-corrected chi connectivity index (χ3v) is 5.89. The summed E-state index contributed by atoms with van der Waals surface area (Å²) in [5, 5.41) is 10.9. The summed E-state index contributed by atoms with van der Waals surface area (Å²) in [5.41, 5.74) is 1.73. The minimum absolute atomic E-state index is 0.341. The lowest BCUT2D eigenvalue weighted by molar-refractivity contribution is -0.192. The van der Waals surface area contributed by atoms with Gasteiger partial charge in [0.25, 0.3) is 5.91 Å². The molecule has 5 nitrogen and oxygen atoms in total. The van der Waals surface area contributed by atoms with E-state index in [-0.39, 0.29) is 5.91 Å². The Labute approximate surface area is 220 Å². The number of amides is 1. The van der Waals surface area contributed by atoms with Crippen LogP contribution in [0.25, 0.3) is 10.9 Å². The second kappa shape index (κ2) is 11.6. The Morgan fingerprint density at radius 2 is 1.50 bits per heavy atom. The van der Waals surface area contributed by atoms with Gasteiger partial charge < -0.3 is 10.4 Å². The van der Waals surface area contributed by atoms with Crippen molar-refractivity contribution >= 4 is 38.7 Å². The van der Waals surface area contributed by atoms with Crippen molar-refractivity contribution in [2.45, 2.75) is 18.4 Å². The van der Waals surface area contributed by atoms with Gasteiger partial charge in [0.05, 0.1) is 17.1 Å². The molecule has 0 aliphatic carbocycles. The standard InChI is InChI=1S/C24H16BrF3N2O.C2HF3O2/c25-20-6-2-1-5-19(20)22(15-7-10-18(11-8-15)24(26,27)28)30-23(31)17-9-12-21-16(14-17)4-3-13-29-21;3-2(4,5)1(6)7/h1-14,22H,(H,30,31);(H,6,7). The zero-order chi connectivity index (χ0) is 28.1. The van der Waals surface area contributed by atoms with E-state index in [0.29, 0.717) is 11.1 Å². The highest BCUT2D eigenvalue weighted by molar-refractivity contribution is 9.10. The zero-order valence-electron chi connectivity index (χ0n) is 19.0. The Morgan fingerprint density at radius 1 is 0.868 bits per heavy atom. The van der Waals surface area contributed by atoms with Gasteiger partial charge >= 0.3 is 18.3 Å². The molecule has 3 aromatic carbocycles. The van der Waals surface area contributed by atoms with E-state index in [1.807, 2.05) is 30.3 Å². The number of nitrogens with zero attached hydrogens (tertiary/aromatic N) is 1. The third-order valence-electron chi connectivity index (χ3n) is 5.17. The molecule has 0 saturated carbocycles. The van der Waals surface area contributed by atoms with E-state index in [4.69, 9.17) is 9.90 Å². The molecule has 1 heterocycles. The fraction of sp³-hybridized carbons (Fsp3) is 0.115. The molecule has 0 bridgehead atoms. The maximum absolute atomic E-state index is 13.1. The van der Waals surface area contributed by atoms with Crippen LogP contribution < -0.4 is 5.32 Å². The van der Waals surface area contributed by atoms with E-state index in [0.717, 1.165) is 33.1 Å². The molecule has 1 atom stereocenters. The van der Waals surface area contributed by atoms with Crippen LogP contribution in [0.2, 0.25) is 0 Å². The molecule has 198 valence electrons.